The Morgan fingerprint density at radius 3 is 2.78 bits per heavy atom. The third-order valence-electron chi connectivity index (χ3n) is 3.42. The average Bonchev–Trinajstić information content (AvgIpc) is 2.39. The lowest BCUT2D eigenvalue weighted by Crippen LogP contribution is -2.41. The summed E-state index contributed by atoms with van der Waals surface area (Å²) in [5.74, 6) is -0.104. The number of amides is 1. The Hall–Kier alpha value is -1.60. The van der Waals surface area contributed by atoms with Gasteiger partial charge in [0.1, 0.15) is 0 Å². The van der Waals surface area contributed by atoms with E-state index < -0.39 is 0 Å². The first-order chi connectivity index (χ1) is 8.56. The number of hydrogen-bond donors (Lipinski definition) is 0. The molecule has 1 aromatic heterocycles. The van der Waals surface area contributed by atoms with Crippen molar-refractivity contribution in [1.29, 1.82) is 5.26 Å². The number of rotatable bonds is 1. The summed E-state index contributed by atoms with van der Waals surface area (Å²) < 4.78 is 0. The van der Waals surface area contributed by atoms with Crippen LogP contribution in [-0.2, 0) is 0 Å². The van der Waals surface area contributed by atoms with Gasteiger partial charge in [0.2, 0.25) is 0 Å². The van der Waals surface area contributed by atoms with Gasteiger partial charge in [-0.15, -0.1) is 0 Å². The second-order valence-corrected chi connectivity index (χ2v) is 5.23. The largest absolute Gasteiger partial charge is 0.338 e. The quantitative estimate of drug-likeness (QED) is 0.782. The number of piperidine rings is 1. The van der Waals surface area contributed by atoms with Crippen molar-refractivity contribution in [2.75, 3.05) is 13.1 Å². The van der Waals surface area contributed by atoms with Gasteiger partial charge in [-0.2, -0.15) is 5.26 Å². The summed E-state index contributed by atoms with van der Waals surface area (Å²) in [4.78, 5) is 17.9. The maximum Gasteiger partial charge on any atom is 0.256 e. The van der Waals surface area contributed by atoms with Crippen LogP contribution in [-0.4, -0.2) is 28.9 Å². The van der Waals surface area contributed by atoms with Crippen molar-refractivity contribution in [3.05, 3.63) is 29.0 Å². The lowest BCUT2D eigenvalue weighted by atomic mass is 9.82. The van der Waals surface area contributed by atoms with E-state index >= 15 is 0 Å². The monoisotopic (exact) mass is 263 g/mol. The van der Waals surface area contributed by atoms with E-state index in [4.69, 9.17) is 16.9 Å². The van der Waals surface area contributed by atoms with E-state index in [1.165, 1.54) is 6.20 Å². The van der Waals surface area contributed by atoms with Gasteiger partial charge in [-0.3, -0.25) is 9.78 Å². The highest BCUT2D eigenvalue weighted by Gasteiger charge is 2.32. The van der Waals surface area contributed by atoms with Gasteiger partial charge in [0.15, 0.2) is 0 Å². The third-order valence-corrected chi connectivity index (χ3v) is 3.75. The fraction of sp³-hybridized carbons (Fsp3) is 0.462. The Morgan fingerprint density at radius 2 is 2.22 bits per heavy atom. The molecule has 0 saturated carbocycles. The van der Waals surface area contributed by atoms with Gasteiger partial charge in [0, 0.05) is 25.5 Å². The van der Waals surface area contributed by atoms with E-state index in [1.54, 1.807) is 17.2 Å². The van der Waals surface area contributed by atoms with Crippen LogP contribution in [0, 0.1) is 16.7 Å². The number of likely N-dealkylation sites (tertiary alicyclic amines) is 1. The Kier molecular flexibility index (Phi) is 3.53. The van der Waals surface area contributed by atoms with Crippen molar-refractivity contribution in [2.24, 2.45) is 5.41 Å². The maximum absolute atomic E-state index is 12.2. The van der Waals surface area contributed by atoms with E-state index in [0.29, 0.717) is 36.5 Å². The maximum atomic E-state index is 12.2. The smallest absolute Gasteiger partial charge is 0.256 e. The van der Waals surface area contributed by atoms with Gasteiger partial charge in [-0.1, -0.05) is 11.6 Å². The molecular weight excluding hydrogens is 250 g/mol. The van der Waals surface area contributed by atoms with Crippen LogP contribution in [0.2, 0.25) is 5.02 Å². The van der Waals surface area contributed by atoms with Gasteiger partial charge < -0.3 is 4.90 Å². The van der Waals surface area contributed by atoms with E-state index in [-0.39, 0.29) is 11.3 Å². The molecule has 5 heteroatoms. The summed E-state index contributed by atoms with van der Waals surface area (Å²) in [6, 6.07) is 3.92. The lowest BCUT2D eigenvalue weighted by Gasteiger charge is -2.35. The zero-order valence-electron chi connectivity index (χ0n) is 10.2. The highest BCUT2D eigenvalue weighted by Crippen LogP contribution is 2.30. The third kappa shape index (κ3) is 2.46. The van der Waals surface area contributed by atoms with Crippen molar-refractivity contribution >= 4 is 17.5 Å². The molecule has 18 heavy (non-hydrogen) atoms. The predicted molar refractivity (Wildman–Crippen MR) is 68.1 cm³/mol. The molecule has 2 rings (SSSR count). The highest BCUT2D eigenvalue weighted by atomic mass is 35.5. The second-order valence-electron chi connectivity index (χ2n) is 4.82. The molecule has 4 nitrogen and oxygen atoms in total. The number of aromatic nitrogens is 1. The summed E-state index contributed by atoms with van der Waals surface area (Å²) >= 11 is 5.98. The molecule has 1 aromatic rings. The Morgan fingerprint density at radius 1 is 1.56 bits per heavy atom. The molecule has 0 unspecified atom stereocenters. The summed E-state index contributed by atoms with van der Waals surface area (Å²) in [7, 11) is 0. The number of halogens is 1. The first-order valence-corrected chi connectivity index (χ1v) is 6.23. The Labute approximate surface area is 111 Å². The second kappa shape index (κ2) is 4.95. The molecule has 1 aliphatic rings. The summed E-state index contributed by atoms with van der Waals surface area (Å²) in [6.45, 7) is 3.12. The minimum atomic E-state index is -0.310. The first-order valence-electron chi connectivity index (χ1n) is 5.86. The normalized spacial score (nSPS) is 18.2. The van der Waals surface area contributed by atoms with E-state index in [9.17, 15) is 4.79 Å². The number of nitriles is 1. The first kappa shape index (κ1) is 12.8. The van der Waals surface area contributed by atoms with Crippen LogP contribution in [0.25, 0.3) is 0 Å². The van der Waals surface area contributed by atoms with E-state index in [0.717, 1.165) is 0 Å². The van der Waals surface area contributed by atoms with Crippen LogP contribution in [0.15, 0.2) is 18.5 Å². The van der Waals surface area contributed by atoms with Crippen LogP contribution in [0.1, 0.15) is 30.1 Å². The van der Waals surface area contributed by atoms with Gasteiger partial charge in [-0.05, 0) is 25.8 Å². The number of carbonyl (C=O) groups is 1. The minimum absolute atomic E-state index is 0.104. The van der Waals surface area contributed by atoms with Crippen LogP contribution < -0.4 is 0 Å². The van der Waals surface area contributed by atoms with Gasteiger partial charge in [0.05, 0.1) is 22.1 Å². The van der Waals surface area contributed by atoms with Crippen molar-refractivity contribution in [1.82, 2.24) is 9.88 Å². The fourth-order valence-electron chi connectivity index (χ4n) is 2.02. The Bertz CT molecular complexity index is 501. The molecular formula is C13H14ClN3O. The summed E-state index contributed by atoms with van der Waals surface area (Å²) in [5.41, 5.74) is 0.120. The molecule has 1 amide bonds. The van der Waals surface area contributed by atoms with Crippen molar-refractivity contribution < 1.29 is 4.79 Å². The topological polar surface area (TPSA) is 57.0 Å². The molecule has 2 heterocycles. The summed E-state index contributed by atoms with van der Waals surface area (Å²) in [5, 5.41) is 9.47. The molecule has 1 fully saturated rings. The molecule has 0 bridgehead atoms. The van der Waals surface area contributed by atoms with Gasteiger partial charge >= 0.3 is 0 Å². The number of nitrogens with zero attached hydrogens (tertiary/aromatic N) is 3. The molecule has 1 saturated heterocycles. The zero-order valence-corrected chi connectivity index (χ0v) is 10.9. The number of carbonyl (C=O) groups excluding carboxylic acids is 1. The van der Waals surface area contributed by atoms with Crippen LogP contribution in [0.5, 0.6) is 0 Å². The van der Waals surface area contributed by atoms with Crippen molar-refractivity contribution in [2.45, 2.75) is 19.8 Å². The SMILES string of the molecule is CC1(C#N)CCN(C(=O)c2cnccc2Cl)CC1. The highest BCUT2D eigenvalue weighted by molar-refractivity contribution is 6.33. The molecule has 0 radical (unpaired) electrons. The van der Waals surface area contributed by atoms with E-state index in [2.05, 4.69) is 11.1 Å². The van der Waals surface area contributed by atoms with Crippen LogP contribution in [0.4, 0.5) is 0 Å². The molecule has 0 N–H and O–H groups in total. The molecule has 0 aromatic carbocycles. The average molecular weight is 264 g/mol. The predicted octanol–water partition coefficient (Wildman–Crippen LogP) is 2.50. The zero-order chi connectivity index (χ0) is 13.2. The van der Waals surface area contributed by atoms with Gasteiger partial charge in [-0.25, -0.2) is 0 Å². The summed E-state index contributed by atoms with van der Waals surface area (Å²) in [6.07, 6.45) is 4.45. The molecule has 1 aliphatic heterocycles. The van der Waals surface area contributed by atoms with Crippen LogP contribution >= 0.6 is 11.6 Å². The minimum Gasteiger partial charge on any atom is -0.338 e. The van der Waals surface area contributed by atoms with Crippen LogP contribution in [0.3, 0.4) is 0 Å². The van der Waals surface area contributed by atoms with Gasteiger partial charge in [0.25, 0.3) is 5.91 Å². The molecule has 0 aliphatic carbocycles. The lowest BCUT2D eigenvalue weighted by molar-refractivity contribution is 0.0661. The molecule has 94 valence electrons. The molecule has 0 spiro atoms. The number of pyridine rings is 1. The van der Waals surface area contributed by atoms with E-state index in [1.807, 2.05) is 6.92 Å². The standard InChI is InChI=1S/C13H14ClN3O/c1-13(9-15)3-6-17(7-4-13)12(18)10-8-16-5-2-11(10)14/h2,5,8H,3-4,6-7H2,1H3. The molecule has 0 atom stereocenters. The van der Waals surface area contributed by atoms with Crippen molar-refractivity contribution in [3.8, 4) is 6.07 Å². The Balaban J connectivity index is 2.10. The fourth-order valence-corrected chi connectivity index (χ4v) is 2.21. The number of hydrogen-bond acceptors (Lipinski definition) is 3. The van der Waals surface area contributed by atoms with Crippen molar-refractivity contribution in [3.63, 3.8) is 0 Å².